The highest BCUT2D eigenvalue weighted by Crippen LogP contribution is 2.28. The van der Waals surface area contributed by atoms with E-state index in [-0.39, 0.29) is 6.03 Å². The lowest BCUT2D eigenvalue weighted by atomic mass is 10.1. The highest BCUT2D eigenvalue weighted by atomic mass is 35.5. The van der Waals surface area contributed by atoms with Crippen molar-refractivity contribution in [2.24, 2.45) is 0 Å². The molecule has 0 saturated carbocycles. The van der Waals surface area contributed by atoms with Crippen LogP contribution in [0.3, 0.4) is 0 Å². The van der Waals surface area contributed by atoms with Crippen molar-refractivity contribution in [1.82, 2.24) is 9.88 Å². The molecule has 0 radical (unpaired) electrons. The van der Waals surface area contributed by atoms with Crippen molar-refractivity contribution in [2.45, 2.75) is 19.9 Å². The number of anilines is 1. The predicted molar refractivity (Wildman–Crippen MR) is 59.1 cm³/mol. The summed E-state index contributed by atoms with van der Waals surface area (Å²) in [5, 5.41) is 3.39. The van der Waals surface area contributed by atoms with Gasteiger partial charge in [0.05, 0.1) is 11.6 Å². The second kappa shape index (κ2) is 3.70. The molecule has 1 aromatic rings. The van der Waals surface area contributed by atoms with E-state index in [0.29, 0.717) is 17.4 Å². The van der Waals surface area contributed by atoms with E-state index in [1.165, 1.54) is 0 Å². The van der Waals surface area contributed by atoms with Crippen LogP contribution in [0, 0.1) is 0 Å². The molecular formula is C10H12ClN3O. The number of rotatable bonds is 1. The van der Waals surface area contributed by atoms with Crippen LogP contribution in [0.25, 0.3) is 0 Å². The van der Waals surface area contributed by atoms with Gasteiger partial charge in [0, 0.05) is 18.3 Å². The number of pyridine rings is 1. The van der Waals surface area contributed by atoms with Crippen molar-refractivity contribution in [3.05, 3.63) is 22.3 Å². The first-order valence-corrected chi connectivity index (χ1v) is 5.20. The number of carbonyl (C=O) groups excluding carboxylic acids is 1. The first-order chi connectivity index (χ1) is 7.11. The third kappa shape index (κ3) is 1.77. The lowest BCUT2D eigenvalue weighted by Gasteiger charge is -2.26. The molecule has 4 nitrogen and oxygen atoms in total. The van der Waals surface area contributed by atoms with Gasteiger partial charge in [0.15, 0.2) is 0 Å². The van der Waals surface area contributed by atoms with Gasteiger partial charge in [-0.05, 0) is 12.5 Å². The maximum atomic E-state index is 11.4. The minimum Gasteiger partial charge on any atom is -0.323 e. The predicted octanol–water partition coefficient (Wildman–Crippen LogP) is 2.27. The van der Waals surface area contributed by atoms with Crippen LogP contribution in [0.1, 0.15) is 18.2 Å². The van der Waals surface area contributed by atoms with Gasteiger partial charge in [-0.25, -0.2) is 9.78 Å². The first-order valence-electron chi connectivity index (χ1n) is 4.82. The lowest BCUT2D eigenvalue weighted by molar-refractivity contribution is 0.218. The van der Waals surface area contributed by atoms with Gasteiger partial charge >= 0.3 is 6.03 Å². The lowest BCUT2D eigenvalue weighted by Crippen LogP contribution is -2.36. The number of aryl methyl sites for hydroxylation is 1. The zero-order chi connectivity index (χ0) is 11.0. The highest BCUT2D eigenvalue weighted by molar-refractivity contribution is 6.32. The third-order valence-corrected chi connectivity index (χ3v) is 2.79. The van der Waals surface area contributed by atoms with Crippen molar-refractivity contribution in [3.8, 4) is 0 Å². The summed E-state index contributed by atoms with van der Waals surface area (Å²) in [6, 6.07) is 1.71. The molecule has 80 valence electrons. The minimum atomic E-state index is -0.140. The van der Waals surface area contributed by atoms with Gasteiger partial charge in [-0.1, -0.05) is 18.5 Å². The number of fused-ring (bicyclic) bond motifs is 1. The molecule has 0 bridgehead atoms. The number of nitrogens with one attached hydrogen (secondary N) is 1. The highest BCUT2D eigenvalue weighted by Gasteiger charge is 2.22. The van der Waals surface area contributed by atoms with Crippen molar-refractivity contribution in [2.75, 3.05) is 12.4 Å². The van der Waals surface area contributed by atoms with E-state index in [1.54, 1.807) is 11.9 Å². The molecule has 1 aliphatic rings. The molecular weight excluding hydrogens is 214 g/mol. The van der Waals surface area contributed by atoms with Gasteiger partial charge in [0.1, 0.15) is 5.82 Å². The van der Waals surface area contributed by atoms with Crippen LogP contribution in [0.2, 0.25) is 5.02 Å². The molecule has 2 heterocycles. The Morgan fingerprint density at radius 3 is 3.07 bits per heavy atom. The van der Waals surface area contributed by atoms with Crippen molar-refractivity contribution < 1.29 is 4.79 Å². The number of hydrogen-bond acceptors (Lipinski definition) is 2. The van der Waals surface area contributed by atoms with Crippen LogP contribution in [-0.2, 0) is 13.0 Å². The van der Waals surface area contributed by atoms with E-state index in [9.17, 15) is 4.79 Å². The fourth-order valence-electron chi connectivity index (χ4n) is 1.53. The van der Waals surface area contributed by atoms with Crippen LogP contribution >= 0.6 is 11.6 Å². The summed E-state index contributed by atoms with van der Waals surface area (Å²) in [6.07, 6.45) is 0.804. The molecule has 0 aliphatic carbocycles. The Morgan fingerprint density at radius 2 is 2.40 bits per heavy atom. The number of urea groups is 1. The van der Waals surface area contributed by atoms with Crippen LogP contribution in [0.4, 0.5) is 10.6 Å². The summed E-state index contributed by atoms with van der Waals surface area (Å²) in [5.74, 6) is 0.599. The number of carbonyl (C=O) groups is 1. The van der Waals surface area contributed by atoms with E-state index in [0.717, 1.165) is 17.7 Å². The molecule has 0 fully saturated rings. The summed E-state index contributed by atoms with van der Waals surface area (Å²) in [6.45, 7) is 2.51. The average Bonchev–Trinajstić information content (AvgIpc) is 2.21. The second-order valence-corrected chi connectivity index (χ2v) is 3.97. The molecule has 1 aromatic heterocycles. The van der Waals surface area contributed by atoms with E-state index in [1.807, 2.05) is 13.0 Å². The molecule has 2 amide bonds. The van der Waals surface area contributed by atoms with E-state index < -0.39 is 0 Å². The topological polar surface area (TPSA) is 45.2 Å². The third-order valence-electron chi connectivity index (χ3n) is 2.45. The molecule has 0 aromatic carbocycles. The molecule has 0 spiro atoms. The van der Waals surface area contributed by atoms with Crippen molar-refractivity contribution in [3.63, 3.8) is 0 Å². The Morgan fingerprint density at radius 1 is 1.67 bits per heavy atom. The summed E-state index contributed by atoms with van der Waals surface area (Å²) in [7, 11) is 1.72. The number of hydrogen-bond donors (Lipinski definition) is 1. The molecule has 0 unspecified atom stereocenters. The Hall–Kier alpha value is -1.29. The number of amides is 2. The largest absolute Gasteiger partial charge is 0.323 e. The molecule has 15 heavy (non-hydrogen) atoms. The van der Waals surface area contributed by atoms with E-state index in [4.69, 9.17) is 11.6 Å². The molecule has 2 rings (SSSR count). The van der Waals surface area contributed by atoms with E-state index in [2.05, 4.69) is 10.3 Å². The smallest absolute Gasteiger partial charge is 0.323 e. The standard InChI is InChI=1S/C10H12ClN3O/c1-3-6-4-8(11)7-5-14(2)10(15)13-9(7)12-6/h4H,3,5H2,1-2H3,(H,12,13,15). The Bertz CT molecular complexity index is 419. The first kappa shape index (κ1) is 10.2. The normalized spacial score (nSPS) is 14.9. The zero-order valence-electron chi connectivity index (χ0n) is 8.67. The van der Waals surface area contributed by atoms with Crippen molar-refractivity contribution in [1.29, 1.82) is 0 Å². The van der Waals surface area contributed by atoms with Crippen LogP contribution < -0.4 is 5.32 Å². The fourth-order valence-corrected chi connectivity index (χ4v) is 1.81. The van der Waals surface area contributed by atoms with Crippen LogP contribution in [0.5, 0.6) is 0 Å². The molecule has 1 N–H and O–H groups in total. The monoisotopic (exact) mass is 225 g/mol. The Balaban J connectivity index is 2.48. The van der Waals surface area contributed by atoms with Gasteiger partial charge in [-0.3, -0.25) is 5.32 Å². The van der Waals surface area contributed by atoms with Gasteiger partial charge < -0.3 is 4.90 Å². The van der Waals surface area contributed by atoms with Crippen LogP contribution in [0.15, 0.2) is 6.07 Å². The average molecular weight is 226 g/mol. The molecule has 0 saturated heterocycles. The number of aromatic nitrogens is 1. The quantitative estimate of drug-likeness (QED) is 0.797. The molecule has 5 heteroatoms. The van der Waals surface area contributed by atoms with E-state index >= 15 is 0 Å². The number of nitrogens with zero attached hydrogens (tertiary/aromatic N) is 2. The van der Waals surface area contributed by atoms with Gasteiger partial charge in [0.2, 0.25) is 0 Å². The fraction of sp³-hybridized carbons (Fsp3) is 0.400. The summed E-state index contributed by atoms with van der Waals surface area (Å²) < 4.78 is 0. The van der Waals surface area contributed by atoms with Gasteiger partial charge in [-0.2, -0.15) is 0 Å². The maximum Gasteiger partial charge on any atom is 0.323 e. The zero-order valence-corrected chi connectivity index (χ0v) is 9.43. The summed E-state index contributed by atoms with van der Waals surface area (Å²) in [5.41, 5.74) is 1.78. The van der Waals surface area contributed by atoms with Gasteiger partial charge in [-0.15, -0.1) is 0 Å². The Labute approximate surface area is 93.2 Å². The Kier molecular flexibility index (Phi) is 2.52. The number of halogens is 1. The summed E-state index contributed by atoms with van der Waals surface area (Å²) in [4.78, 5) is 17.3. The van der Waals surface area contributed by atoms with Crippen molar-refractivity contribution >= 4 is 23.4 Å². The maximum absolute atomic E-state index is 11.4. The minimum absolute atomic E-state index is 0.140. The summed E-state index contributed by atoms with van der Waals surface area (Å²) >= 11 is 6.12. The van der Waals surface area contributed by atoms with Gasteiger partial charge in [0.25, 0.3) is 0 Å². The SMILES string of the molecule is CCc1cc(Cl)c2c(n1)NC(=O)N(C)C2. The molecule has 0 atom stereocenters. The van der Waals surface area contributed by atoms with Crippen LogP contribution in [-0.4, -0.2) is 23.0 Å². The second-order valence-electron chi connectivity index (χ2n) is 3.56. The molecule has 1 aliphatic heterocycles.